The fourth-order valence-corrected chi connectivity index (χ4v) is 2.57. The molecule has 25 heavy (non-hydrogen) atoms. The predicted molar refractivity (Wildman–Crippen MR) is 91.7 cm³/mol. The summed E-state index contributed by atoms with van der Waals surface area (Å²) in [4.78, 5) is 25.7. The number of nitrogens with one attached hydrogen (secondary N) is 2. The van der Waals surface area contributed by atoms with Gasteiger partial charge in [0.25, 0.3) is 5.91 Å². The van der Waals surface area contributed by atoms with Crippen molar-refractivity contribution in [3.05, 3.63) is 69.9 Å². The highest BCUT2D eigenvalue weighted by molar-refractivity contribution is 6.31. The lowest BCUT2D eigenvalue weighted by atomic mass is 10.2. The number of hydrogen-bond donors (Lipinski definition) is 2. The van der Waals surface area contributed by atoms with Crippen LogP contribution in [0.4, 0.5) is 5.69 Å². The number of rotatable bonds is 3. The number of aromatic amines is 1. The molecule has 0 atom stereocenters. The molecule has 8 heteroatoms. The molecule has 2 aromatic carbocycles. The van der Waals surface area contributed by atoms with Crippen molar-refractivity contribution in [2.75, 3.05) is 5.32 Å². The average Bonchev–Trinajstić information content (AvgIpc) is 3.21. The van der Waals surface area contributed by atoms with Crippen LogP contribution in [0.25, 0.3) is 22.4 Å². The van der Waals surface area contributed by atoms with Gasteiger partial charge in [0, 0.05) is 21.7 Å². The lowest BCUT2D eigenvalue weighted by Gasteiger charge is -2.03. The molecule has 0 aliphatic carbocycles. The molecule has 0 fully saturated rings. The van der Waals surface area contributed by atoms with Crippen LogP contribution >= 0.6 is 11.6 Å². The third-order valence-corrected chi connectivity index (χ3v) is 3.79. The molecule has 2 N–H and O–H groups in total. The Hall–Kier alpha value is -3.32. The normalized spacial score (nSPS) is 10.9. The summed E-state index contributed by atoms with van der Waals surface area (Å²) < 4.78 is 9.98. The van der Waals surface area contributed by atoms with Crippen LogP contribution in [-0.4, -0.2) is 16.0 Å². The van der Waals surface area contributed by atoms with Crippen LogP contribution in [0.5, 0.6) is 0 Å². The largest absolute Gasteiger partial charge is 0.451 e. The van der Waals surface area contributed by atoms with Crippen molar-refractivity contribution < 1.29 is 13.7 Å². The minimum Gasteiger partial charge on any atom is -0.451 e. The summed E-state index contributed by atoms with van der Waals surface area (Å²) in [6.07, 6.45) is 0. The lowest BCUT2D eigenvalue weighted by Crippen LogP contribution is -2.10. The monoisotopic (exact) mass is 355 g/mol. The second-order valence-electron chi connectivity index (χ2n) is 5.27. The van der Waals surface area contributed by atoms with Crippen molar-refractivity contribution in [3.63, 3.8) is 0 Å². The summed E-state index contributed by atoms with van der Waals surface area (Å²) in [6, 6.07) is 13.5. The number of anilines is 1. The molecule has 0 unspecified atom stereocenters. The summed E-state index contributed by atoms with van der Waals surface area (Å²) in [5, 5.41) is 7.66. The number of H-pyrrole nitrogens is 1. The molecule has 0 aliphatic rings. The Bertz CT molecular complexity index is 1120. The fourth-order valence-electron chi connectivity index (χ4n) is 2.38. The van der Waals surface area contributed by atoms with E-state index in [-0.39, 0.29) is 11.7 Å². The van der Waals surface area contributed by atoms with Crippen molar-refractivity contribution >= 4 is 34.2 Å². The Morgan fingerprint density at radius 2 is 1.92 bits per heavy atom. The minimum absolute atomic E-state index is 0.183. The Labute approximate surface area is 145 Å². The summed E-state index contributed by atoms with van der Waals surface area (Å²) in [6.45, 7) is 0. The van der Waals surface area contributed by atoms with E-state index >= 15 is 0 Å². The van der Waals surface area contributed by atoms with Crippen LogP contribution < -0.4 is 11.1 Å². The van der Waals surface area contributed by atoms with Crippen LogP contribution in [0.1, 0.15) is 10.6 Å². The van der Waals surface area contributed by atoms with Crippen molar-refractivity contribution in [1.82, 2.24) is 10.1 Å². The van der Waals surface area contributed by atoms with E-state index in [0.717, 1.165) is 5.39 Å². The van der Waals surface area contributed by atoms with E-state index in [2.05, 4.69) is 20.0 Å². The van der Waals surface area contributed by atoms with Crippen LogP contribution in [0.2, 0.25) is 5.02 Å². The Kier molecular flexibility index (Phi) is 3.62. The molecule has 0 saturated carbocycles. The van der Waals surface area contributed by atoms with Crippen LogP contribution in [0.3, 0.4) is 0 Å². The molecular weight excluding hydrogens is 346 g/mol. The Morgan fingerprint density at radius 1 is 1.12 bits per heavy atom. The van der Waals surface area contributed by atoms with Gasteiger partial charge in [-0.25, -0.2) is 4.79 Å². The number of carbonyl (C=O) groups excluding carboxylic acids is 1. The van der Waals surface area contributed by atoms with Gasteiger partial charge < -0.3 is 9.73 Å². The van der Waals surface area contributed by atoms with Gasteiger partial charge in [-0.15, -0.1) is 0 Å². The van der Waals surface area contributed by atoms with E-state index in [0.29, 0.717) is 27.7 Å². The molecule has 0 radical (unpaired) electrons. The van der Waals surface area contributed by atoms with Crippen molar-refractivity contribution in [3.8, 4) is 11.4 Å². The second-order valence-corrected chi connectivity index (χ2v) is 5.70. The topological polar surface area (TPSA) is 101 Å². The molecule has 0 spiro atoms. The Morgan fingerprint density at radius 3 is 2.64 bits per heavy atom. The van der Waals surface area contributed by atoms with E-state index in [1.54, 1.807) is 48.5 Å². The minimum atomic E-state index is -0.627. The maximum atomic E-state index is 12.3. The first-order valence-corrected chi connectivity index (χ1v) is 7.63. The smallest absolute Gasteiger partial charge is 0.439 e. The molecule has 0 saturated heterocycles. The number of fused-ring (bicyclic) bond motifs is 1. The molecule has 2 heterocycles. The van der Waals surface area contributed by atoms with Gasteiger partial charge >= 0.3 is 5.76 Å². The molecule has 0 bridgehead atoms. The highest BCUT2D eigenvalue weighted by Gasteiger charge is 2.13. The molecule has 1 amide bonds. The number of halogens is 1. The molecule has 7 nitrogen and oxygen atoms in total. The van der Waals surface area contributed by atoms with Gasteiger partial charge in [-0.2, -0.15) is 0 Å². The maximum Gasteiger partial charge on any atom is 0.439 e. The van der Waals surface area contributed by atoms with Crippen molar-refractivity contribution in [2.24, 2.45) is 0 Å². The predicted octanol–water partition coefficient (Wildman–Crippen LogP) is 3.68. The average molecular weight is 356 g/mol. The van der Waals surface area contributed by atoms with Crippen LogP contribution in [0.15, 0.2) is 62.3 Å². The van der Waals surface area contributed by atoms with E-state index < -0.39 is 5.76 Å². The van der Waals surface area contributed by atoms with Crippen LogP contribution in [0, 0.1) is 0 Å². The highest BCUT2D eigenvalue weighted by atomic mass is 35.5. The third kappa shape index (κ3) is 3.05. The summed E-state index contributed by atoms with van der Waals surface area (Å²) >= 11 is 5.93. The maximum absolute atomic E-state index is 12.3. The molecule has 0 aliphatic heterocycles. The highest BCUT2D eigenvalue weighted by Crippen LogP contribution is 2.24. The number of amides is 1. The molecular formula is C17H10ClN3O4. The second kappa shape index (κ2) is 5.95. The first-order valence-electron chi connectivity index (χ1n) is 7.25. The van der Waals surface area contributed by atoms with Crippen molar-refractivity contribution in [1.29, 1.82) is 0 Å². The van der Waals surface area contributed by atoms with E-state index in [9.17, 15) is 9.59 Å². The van der Waals surface area contributed by atoms with Gasteiger partial charge in [-0.05, 0) is 48.5 Å². The third-order valence-electron chi connectivity index (χ3n) is 3.56. The van der Waals surface area contributed by atoms with E-state index in [1.165, 1.54) is 0 Å². The molecule has 2 aromatic heterocycles. The van der Waals surface area contributed by atoms with Crippen LogP contribution in [-0.2, 0) is 0 Å². The first-order chi connectivity index (χ1) is 12.1. The number of benzene rings is 2. The number of nitrogens with zero attached hydrogens (tertiary/aromatic N) is 1. The molecule has 4 aromatic rings. The molecule has 124 valence electrons. The number of furan rings is 1. The Balaban J connectivity index is 1.54. The zero-order valence-electron chi connectivity index (χ0n) is 12.6. The van der Waals surface area contributed by atoms with Crippen molar-refractivity contribution in [2.45, 2.75) is 0 Å². The number of carbonyl (C=O) groups is 1. The zero-order valence-corrected chi connectivity index (χ0v) is 13.3. The van der Waals surface area contributed by atoms with E-state index in [1.807, 2.05) is 0 Å². The SMILES string of the molecule is O=C(Nc1ccc(-c2noc(=O)[nH]2)cc1)c1cc2cc(Cl)ccc2o1. The van der Waals surface area contributed by atoms with Gasteiger partial charge in [0.05, 0.1) is 0 Å². The summed E-state index contributed by atoms with van der Waals surface area (Å²) in [7, 11) is 0. The quantitative estimate of drug-likeness (QED) is 0.583. The lowest BCUT2D eigenvalue weighted by molar-refractivity contribution is 0.0998. The first kappa shape index (κ1) is 15.2. The summed E-state index contributed by atoms with van der Waals surface area (Å²) in [5.74, 6) is -0.508. The van der Waals surface area contributed by atoms with Gasteiger partial charge in [-0.3, -0.25) is 14.3 Å². The van der Waals surface area contributed by atoms with Gasteiger partial charge in [0.1, 0.15) is 5.58 Å². The zero-order chi connectivity index (χ0) is 17.4. The standard InChI is InChI=1S/C17H10ClN3O4/c18-11-3-6-13-10(7-11)8-14(24-13)16(22)19-12-4-1-9(2-5-12)15-20-17(23)25-21-15/h1-8H,(H,19,22)(H,20,21,23). The van der Waals surface area contributed by atoms with Gasteiger partial charge in [0.2, 0.25) is 0 Å². The molecule has 4 rings (SSSR count). The fraction of sp³-hybridized carbons (Fsp3) is 0. The van der Waals surface area contributed by atoms with Gasteiger partial charge in [0.15, 0.2) is 11.6 Å². The summed E-state index contributed by atoms with van der Waals surface area (Å²) in [5.41, 5.74) is 1.81. The van der Waals surface area contributed by atoms with E-state index in [4.69, 9.17) is 16.0 Å². The van der Waals surface area contributed by atoms with Gasteiger partial charge in [-0.1, -0.05) is 16.8 Å². The number of hydrogen-bond acceptors (Lipinski definition) is 5. The number of aromatic nitrogens is 2.